The summed E-state index contributed by atoms with van der Waals surface area (Å²) < 4.78 is 11.4. The number of benzene rings is 1. The van der Waals surface area contributed by atoms with Crippen molar-refractivity contribution in [3.63, 3.8) is 0 Å². The molecule has 2 bridgehead atoms. The third-order valence-corrected chi connectivity index (χ3v) is 13.4. The number of hydrogen-bond donors (Lipinski definition) is 2. The van der Waals surface area contributed by atoms with E-state index in [2.05, 4.69) is 32.1 Å². The average Bonchev–Trinajstić information content (AvgIpc) is 3.62. The van der Waals surface area contributed by atoms with Gasteiger partial charge in [0.2, 0.25) is 0 Å². The summed E-state index contributed by atoms with van der Waals surface area (Å²) in [6, 6.07) is 9.59. The molecule has 1 amide bonds. The summed E-state index contributed by atoms with van der Waals surface area (Å²) in [4.78, 5) is 29.5. The summed E-state index contributed by atoms with van der Waals surface area (Å²) >= 11 is 0. The molecule has 44 heavy (non-hydrogen) atoms. The molecule has 7 nitrogen and oxygen atoms in total. The lowest BCUT2D eigenvalue weighted by Gasteiger charge is -2.71. The Morgan fingerprint density at radius 1 is 1.00 bits per heavy atom. The lowest BCUT2D eigenvalue weighted by molar-refractivity contribution is -0.175. The van der Waals surface area contributed by atoms with E-state index >= 15 is 0 Å². The van der Waals surface area contributed by atoms with Crippen molar-refractivity contribution < 1.29 is 29.3 Å². The fourth-order valence-electron chi connectivity index (χ4n) is 11.1. The van der Waals surface area contributed by atoms with Crippen LogP contribution in [-0.2, 0) is 9.47 Å². The Morgan fingerprint density at radius 2 is 1.73 bits per heavy atom. The zero-order valence-corrected chi connectivity index (χ0v) is 26.6. The van der Waals surface area contributed by atoms with Gasteiger partial charge in [0.15, 0.2) is 5.78 Å². The average molecular weight is 604 g/mol. The third kappa shape index (κ3) is 4.10. The van der Waals surface area contributed by atoms with E-state index in [4.69, 9.17) is 9.47 Å². The van der Waals surface area contributed by atoms with Gasteiger partial charge in [-0.05, 0) is 82.0 Å². The molecule has 2 spiro atoms. The first-order valence-electron chi connectivity index (χ1n) is 17.0. The van der Waals surface area contributed by atoms with E-state index in [-0.39, 0.29) is 53.8 Å². The Hall–Kier alpha value is -2.48. The summed E-state index contributed by atoms with van der Waals surface area (Å²) in [5.41, 5.74) is -1.08. The monoisotopic (exact) mass is 603 g/mol. The Morgan fingerprint density at radius 3 is 2.45 bits per heavy atom. The number of fused-ring (bicyclic) bond motifs is 1. The van der Waals surface area contributed by atoms with E-state index in [0.717, 1.165) is 50.5 Å². The zero-order valence-electron chi connectivity index (χ0n) is 26.6. The van der Waals surface area contributed by atoms with Gasteiger partial charge in [-0.15, -0.1) is 0 Å². The molecule has 0 aromatic heterocycles. The van der Waals surface area contributed by atoms with E-state index in [1.165, 1.54) is 0 Å². The van der Waals surface area contributed by atoms with E-state index in [9.17, 15) is 19.8 Å². The maximum atomic E-state index is 14.6. The van der Waals surface area contributed by atoms with Crippen LogP contribution in [-0.4, -0.2) is 71.1 Å². The first-order valence-corrected chi connectivity index (χ1v) is 17.0. The highest BCUT2D eigenvalue weighted by Gasteiger charge is 2.74. The number of ether oxygens (including phenoxy) is 2. The SMILES string of the molecule is CCOC(=O)N(CC1CCCO1)CC1(O)CCC2C34C=CC5(C=C3C(=O)c3ccccc3)CC(O)CCC5(C)C4CCC21C. The highest BCUT2D eigenvalue weighted by Crippen LogP contribution is 2.78. The summed E-state index contributed by atoms with van der Waals surface area (Å²) in [5.74, 6) is 0.323. The number of rotatable bonds is 7. The lowest BCUT2D eigenvalue weighted by Crippen LogP contribution is -2.67. The van der Waals surface area contributed by atoms with Crippen molar-refractivity contribution >= 4 is 11.9 Å². The van der Waals surface area contributed by atoms with Crippen LogP contribution in [0.4, 0.5) is 4.79 Å². The first kappa shape index (κ1) is 30.2. The van der Waals surface area contributed by atoms with Gasteiger partial charge in [-0.25, -0.2) is 4.79 Å². The van der Waals surface area contributed by atoms with Crippen molar-refractivity contribution in [3.05, 3.63) is 59.7 Å². The van der Waals surface area contributed by atoms with Crippen LogP contribution in [0, 0.1) is 33.5 Å². The molecule has 3 saturated carbocycles. The summed E-state index contributed by atoms with van der Waals surface area (Å²) in [7, 11) is 0. The fraction of sp³-hybridized carbons (Fsp3) is 0.676. The van der Waals surface area contributed by atoms with Crippen molar-refractivity contribution in [1.29, 1.82) is 0 Å². The number of hydrogen-bond acceptors (Lipinski definition) is 6. The van der Waals surface area contributed by atoms with Crippen LogP contribution in [0.15, 0.2) is 54.1 Å². The number of aliphatic hydroxyl groups is 2. The molecule has 1 saturated heterocycles. The van der Waals surface area contributed by atoms with Gasteiger partial charge in [-0.2, -0.15) is 0 Å². The predicted molar refractivity (Wildman–Crippen MR) is 167 cm³/mol. The Kier molecular flexibility index (Phi) is 7.23. The van der Waals surface area contributed by atoms with Crippen molar-refractivity contribution in [2.45, 2.75) is 96.4 Å². The normalized spacial score (nSPS) is 43.5. The molecule has 0 radical (unpaired) electrons. The highest BCUT2D eigenvalue weighted by molar-refractivity contribution is 6.10. The van der Waals surface area contributed by atoms with Gasteiger partial charge >= 0.3 is 6.09 Å². The Bertz CT molecular complexity index is 1370. The van der Waals surface area contributed by atoms with Gasteiger partial charge in [0.1, 0.15) is 0 Å². The minimum atomic E-state index is -1.13. The largest absolute Gasteiger partial charge is 0.450 e. The first-order chi connectivity index (χ1) is 21.0. The van der Waals surface area contributed by atoms with Gasteiger partial charge < -0.3 is 24.6 Å². The summed E-state index contributed by atoms with van der Waals surface area (Å²) in [6.45, 7) is 8.01. The van der Waals surface area contributed by atoms with E-state index in [1.807, 2.05) is 37.3 Å². The maximum Gasteiger partial charge on any atom is 0.409 e. The summed E-state index contributed by atoms with van der Waals surface area (Å²) in [5, 5.41) is 23.6. The number of carbonyl (C=O) groups excluding carboxylic acids is 2. The lowest BCUT2D eigenvalue weighted by atomic mass is 9.32. The van der Waals surface area contributed by atoms with Gasteiger partial charge in [-0.1, -0.05) is 62.4 Å². The number of ketones is 1. The Balaban J connectivity index is 1.30. The van der Waals surface area contributed by atoms with Crippen LogP contribution < -0.4 is 0 Å². The Labute approximate surface area is 261 Å². The van der Waals surface area contributed by atoms with Gasteiger partial charge in [0, 0.05) is 34.0 Å². The molecule has 2 N–H and O–H groups in total. The molecular weight excluding hydrogens is 554 g/mol. The molecule has 9 atom stereocenters. The van der Waals surface area contributed by atoms with E-state index < -0.39 is 22.5 Å². The zero-order chi connectivity index (χ0) is 31.0. The molecule has 1 aliphatic heterocycles. The fourth-order valence-corrected chi connectivity index (χ4v) is 11.1. The molecular formula is C37H49NO6. The van der Waals surface area contributed by atoms with Crippen molar-refractivity contribution in [1.82, 2.24) is 4.90 Å². The van der Waals surface area contributed by atoms with Gasteiger partial charge in [-0.3, -0.25) is 4.79 Å². The number of nitrogens with zero attached hydrogens (tertiary/aromatic N) is 1. The number of aliphatic hydroxyl groups excluding tert-OH is 1. The molecule has 7 heteroatoms. The predicted octanol–water partition coefficient (Wildman–Crippen LogP) is 6.10. The quantitative estimate of drug-likeness (QED) is 0.289. The minimum absolute atomic E-state index is 0.0302. The van der Waals surface area contributed by atoms with Crippen LogP contribution in [0.3, 0.4) is 0 Å². The van der Waals surface area contributed by atoms with Crippen LogP contribution in [0.2, 0.25) is 0 Å². The standard InChI is InChI=1S/C37H49NO6/c1-4-43-32(41)38(23-27-11-8-20-44-27)24-36(42)17-14-30-34(36,3)16-13-29-33(2)15-12-26(39)21-35(33)18-19-37(29,30)28(22-35)31(40)25-9-6-5-7-10-25/h5-7,9-10,18-19,22,26-27,29-30,39,42H,4,8,11-17,20-21,23-24H2,1-3H3. The number of carbonyl (C=O) groups is 2. The van der Waals surface area contributed by atoms with Crippen molar-refractivity contribution in [2.75, 3.05) is 26.3 Å². The van der Waals surface area contributed by atoms with E-state index in [1.54, 1.807) is 4.90 Å². The summed E-state index contributed by atoms with van der Waals surface area (Å²) in [6.07, 6.45) is 13.4. The van der Waals surface area contributed by atoms with Crippen molar-refractivity contribution in [3.8, 4) is 0 Å². The van der Waals surface area contributed by atoms with Gasteiger partial charge in [0.05, 0.1) is 37.5 Å². The van der Waals surface area contributed by atoms with Crippen molar-refractivity contribution in [2.24, 2.45) is 33.5 Å². The van der Waals surface area contributed by atoms with Crippen LogP contribution >= 0.6 is 0 Å². The number of Topliss-reactive ketones (excluding diaryl/α,β-unsaturated/α-hetero) is 1. The smallest absolute Gasteiger partial charge is 0.409 e. The second-order valence-corrected chi connectivity index (χ2v) is 15.2. The highest BCUT2D eigenvalue weighted by atomic mass is 16.6. The second kappa shape index (κ2) is 10.5. The molecule has 1 aromatic carbocycles. The minimum Gasteiger partial charge on any atom is -0.450 e. The second-order valence-electron chi connectivity index (χ2n) is 15.2. The number of allylic oxidation sites excluding steroid dienone is 4. The molecule has 8 rings (SSSR count). The topological polar surface area (TPSA) is 96.3 Å². The van der Waals surface area contributed by atoms with E-state index in [0.29, 0.717) is 31.6 Å². The van der Waals surface area contributed by atoms with Crippen LogP contribution in [0.1, 0.15) is 88.9 Å². The third-order valence-electron chi connectivity index (χ3n) is 13.4. The van der Waals surface area contributed by atoms with Crippen LogP contribution in [0.5, 0.6) is 0 Å². The molecule has 4 fully saturated rings. The molecule has 7 aliphatic rings. The molecule has 1 aromatic rings. The molecule has 1 heterocycles. The van der Waals surface area contributed by atoms with Gasteiger partial charge in [0.25, 0.3) is 0 Å². The molecule has 9 unspecified atom stereocenters. The van der Waals surface area contributed by atoms with Crippen LogP contribution in [0.25, 0.3) is 0 Å². The maximum absolute atomic E-state index is 14.6. The molecule has 238 valence electrons. The molecule has 6 aliphatic carbocycles. The number of amides is 1.